The molecule has 2 amide bonds. The average Bonchev–Trinajstić information content (AvgIpc) is 3.09. The van der Waals surface area contributed by atoms with Crippen LogP contribution in [0.15, 0.2) is 36.4 Å². The van der Waals surface area contributed by atoms with Gasteiger partial charge in [-0.25, -0.2) is 0 Å². The number of carbonyl (C=O) groups excluding carboxylic acids is 2. The molecule has 1 aliphatic carbocycles. The second-order valence-corrected chi connectivity index (χ2v) is 8.38. The van der Waals surface area contributed by atoms with Crippen molar-refractivity contribution in [2.75, 3.05) is 18.0 Å². The Morgan fingerprint density at radius 2 is 1.96 bits per heavy atom. The molecule has 150 valence electrons. The molecule has 1 aromatic carbocycles. The molecule has 0 unspecified atom stereocenters. The molecule has 5 nitrogen and oxygen atoms in total. The summed E-state index contributed by atoms with van der Waals surface area (Å²) in [6.07, 6.45) is 12.7. The highest BCUT2D eigenvalue weighted by Crippen LogP contribution is 2.29. The maximum atomic E-state index is 12.8. The lowest BCUT2D eigenvalue weighted by Crippen LogP contribution is -2.55. The first-order valence-corrected chi connectivity index (χ1v) is 10.8. The number of anilines is 1. The second kappa shape index (κ2) is 8.91. The predicted molar refractivity (Wildman–Crippen MR) is 111 cm³/mol. The second-order valence-electron chi connectivity index (χ2n) is 8.38. The number of fused-ring (bicyclic) bond motifs is 1. The van der Waals surface area contributed by atoms with E-state index in [0.717, 1.165) is 38.0 Å². The summed E-state index contributed by atoms with van der Waals surface area (Å²) >= 11 is 0. The molecule has 0 radical (unpaired) electrons. The maximum Gasteiger partial charge on any atom is 0.250 e. The highest BCUT2D eigenvalue weighted by atomic mass is 16.2. The van der Waals surface area contributed by atoms with Gasteiger partial charge in [-0.2, -0.15) is 0 Å². The first kappa shape index (κ1) is 19.2. The zero-order chi connectivity index (χ0) is 19.3. The first-order valence-electron chi connectivity index (χ1n) is 10.8. The molecule has 2 heterocycles. The minimum Gasteiger partial charge on any atom is -0.349 e. The van der Waals surface area contributed by atoms with Gasteiger partial charge in [0.15, 0.2) is 0 Å². The van der Waals surface area contributed by atoms with E-state index in [-0.39, 0.29) is 23.9 Å². The molecular formula is C23H31N3O2. The van der Waals surface area contributed by atoms with E-state index in [9.17, 15) is 9.59 Å². The number of nitrogens with one attached hydrogen (secondary N) is 2. The van der Waals surface area contributed by atoms with Crippen molar-refractivity contribution in [3.05, 3.63) is 42.0 Å². The van der Waals surface area contributed by atoms with Gasteiger partial charge >= 0.3 is 0 Å². The van der Waals surface area contributed by atoms with Gasteiger partial charge in [0.25, 0.3) is 5.91 Å². The Bertz CT molecular complexity index is 735. The van der Waals surface area contributed by atoms with Crippen molar-refractivity contribution in [3.63, 3.8) is 0 Å². The van der Waals surface area contributed by atoms with E-state index in [1.807, 2.05) is 29.2 Å². The Kier molecular flexibility index (Phi) is 6.10. The van der Waals surface area contributed by atoms with Crippen molar-refractivity contribution in [2.24, 2.45) is 5.92 Å². The van der Waals surface area contributed by atoms with Crippen LogP contribution < -0.4 is 15.5 Å². The average molecular weight is 382 g/mol. The molecule has 2 aliphatic heterocycles. The summed E-state index contributed by atoms with van der Waals surface area (Å²) in [6.45, 7) is 1.64. The smallest absolute Gasteiger partial charge is 0.250 e. The van der Waals surface area contributed by atoms with Gasteiger partial charge in [0.1, 0.15) is 0 Å². The van der Waals surface area contributed by atoms with Crippen molar-refractivity contribution in [1.29, 1.82) is 0 Å². The number of hydrogen-bond donors (Lipinski definition) is 2. The number of nitrogens with zero attached hydrogens (tertiary/aromatic N) is 1. The van der Waals surface area contributed by atoms with Gasteiger partial charge in [-0.1, -0.05) is 56.4 Å². The molecule has 1 saturated carbocycles. The van der Waals surface area contributed by atoms with Gasteiger partial charge in [-0.15, -0.1) is 0 Å². The Morgan fingerprint density at radius 3 is 2.71 bits per heavy atom. The number of benzene rings is 1. The van der Waals surface area contributed by atoms with Crippen LogP contribution in [0.3, 0.4) is 0 Å². The summed E-state index contributed by atoms with van der Waals surface area (Å²) < 4.78 is 0. The molecule has 28 heavy (non-hydrogen) atoms. The normalized spacial score (nSPS) is 23.3. The molecular weight excluding hydrogens is 350 g/mol. The highest BCUT2D eigenvalue weighted by Gasteiger charge is 2.27. The van der Waals surface area contributed by atoms with E-state index in [1.165, 1.54) is 37.7 Å². The number of rotatable bonds is 6. The Morgan fingerprint density at radius 1 is 1.18 bits per heavy atom. The predicted octanol–water partition coefficient (Wildman–Crippen LogP) is 2.95. The summed E-state index contributed by atoms with van der Waals surface area (Å²) in [5.41, 5.74) is 2.25. The molecule has 1 aromatic rings. The molecule has 5 heteroatoms. The summed E-state index contributed by atoms with van der Waals surface area (Å²) in [5.74, 6) is 0.714. The molecule has 2 N–H and O–H groups in total. The lowest BCUT2D eigenvalue weighted by atomic mass is 9.84. The third-order valence-corrected chi connectivity index (χ3v) is 6.40. The van der Waals surface area contributed by atoms with Crippen molar-refractivity contribution >= 4 is 17.5 Å². The van der Waals surface area contributed by atoms with Crippen LogP contribution in [0.5, 0.6) is 0 Å². The van der Waals surface area contributed by atoms with Crippen LogP contribution in [0.4, 0.5) is 5.69 Å². The maximum absolute atomic E-state index is 12.8. The number of para-hydroxylation sites is 1. The summed E-state index contributed by atoms with van der Waals surface area (Å²) in [6, 6.07) is 7.96. The van der Waals surface area contributed by atoms with Crippen LogP contribution in [0.2, 0.25) is 0 Å². The van der Waals surface area contributed by atoms with Crippen LogP contribution in [0, 0.1) is 5.92 Å². The van der Waals surface area contributed by atoms with Crippen molar-refractivity contribution < 1.29 is 9.59 Å². The molecule has 0 spiro atoms. The van der Waals surface area contributed by atoms with Gasteiger partial charge in [0, 0.05) is 24.4 Å². The minimum atomic E-state index is -0.0696. The van der Waals surface area contributed by atoms with Gasteiger partial charge < -0.3 is 15.5 Å². The van der Waals surface area contributed by atoms with E-state index < -0.39 is 0 Å². The van der Waals surface area contributed by atoms with Crippen LogP contribution in [0.1, 0.15) is 50.5 Å². The quantitative estimate of drug-likeness (QED) is 0.745. The highest BCUT2D eigenvalue weighted by molar-refractivity contribution is 6.03. The summed E-state index contributed by atoms with van der Waals surface area (Å²) in [4.78, 5) is 27.1. The standard InChI is InChI=1S/C23H31N3O2/c27-22(26-15-13-18-8-4-5-9-21(18)26)11-10-19(16-17-6-2-1-3-7-17)25-23(28)20-12-14-24-20/h4-5,8-11,17,19-20,24H,1-3,6-7,12-16H2,(H,25,28)/b11-10+/t19-,20+/m1/s1. The van der Waals surface area contributed by atoms with E-state index in [1.54, 1.807) is 6.08 Å². The van der Waals surface area contributed by atoms with E-state index in [0.29, 0.717) is 5.92 Å². The third kappa shape index (κ3) is 4.46. The van der Waals surface area contributed by atoms with Crippen molar-refractivity contribution in [2.45, 2.75) is 63.5 Å². The van der Waals surface area contributed by atoms with Crippen molar-refractivity contribution in [3.8, 4) is 0 Å². The summed E-state index contributed by atoms with van der Waals surface area (Å²) in [5, 5.41) is 6.34. The van der Waals surface area contributed by atoms with Crippen LogP contribution in [-0.4, -0.2) is 37.0 Å². The minimum absolute atomic E-state index is 0.00890. The number of amides is 2. The van der Waals surface area contributed by atoms with Crippen LogP contribution >= 0.6 is 0 Å². The SMILES string of the molecule is O=C(N[C@H](/C=C/C(=O)N1CCc2ccccc21)CC1CCCCC1)[C@@H]1CCN1. The Balaban J connectivity index is 1.41. The summed E-state index contributed by atoms with van der Waals surface area (Å²) in [7, 11) is 0. The zero-order valence-electron chi connectivity index (χ0n) is 16.5. The monoisotopic (exact) mass is 381 g/mol. The topological polar surface area (TPSA) is 61.4 Å². The number of hydrogen-bond acceptors (Lipinski definition) is 3. The molecule has 3 aliphatic rings. The van der Waals surface area contributed by atoms with E-state index in [4.69, 9.17) is 0 Å². The van der Waals surface area contributed by atoms with Gasteiger partial charge in [-0.3, -0.25) is 9.59 Å². The van der Waals surface area contributed by atoms with Crippen LogP contribution in [-0.2, 0) is 16.0 Å². The molecule has 0 aromatic heterocycles. The fraction of sp³-hybridized carbons (Fsp3) is 0.565. The van der Waals surface area contributed by atoms with E-state index >= 15 is 0 Å². The fourth-order valence-corrected chi connectivity index (χ4v) is 4.62. The first-order chi connectivity index (χ1) is 13.7. The zero-order valence-corrected chi connectivity index (χ0v) is 16.5. The lowest BCUT2D eigenvalue weighted by molar-refractivity contribution is -0.125. The molecule has 0 bridgehead atoms. The fourth-order valence-electron chi connectivity index (χ4n) is 4.62. The lowest BCUT2D eigenvalue weighted by Gasteiger charge is -2.30. The third-order valence-electron chi connectivity index (χ3n) is 6.40. The molecule has 1 saturated heterocycles. The van der Waals surface area contributed by atoms with Crippen LogP contribution in [0.25, 0.3) is 0 Å². The van der Waals surface area contributed by atoms with Gasteiger partial charge in [0.05, 0.1) is 6.04 Å². The van der Waals surface area contributed by atoms with Gasteiger partial charge in [-0.05, 0) is 43.4 Å². The van der Waals surface area contributed by atoms with Crippen molar-refractivity contribution in [1.82, 2.24) is 10.6 Å². The largest absolute Gasteiger partial charge is 0.349 e. The number of carbonyl (C=O) groups is 2. The molecule has 4 rings (SSSR count). The molecule has 2 fully saturated rings. The Labute approximate surface area is 167 Å². The van der Waals surface area contributed by atoms with E-state index in [2.05, 4.69) is 16.7 Å². The van der Waals surface area contributed by atoms with Gasteiger partial charge in [0.2, 0.25) is 5.91 Å². The Hall–Kier alpha value is -2.14. The molecule has 2 atom stereocenters.